The van der Waals surface area contributed by atoms with E-state index in [1.165, 1.54) is 0 Å². The molecule has 1 aromatic carbocycles. The molecule has 19 heavy (non-hydrogen) atoms. The third kappa shape index (κ3) is 3.35. The van der Waals surface area contributed by atoms with Gasteiger partial charge >= 0.3 is 0 Å². The van der Waals surface area contributed by atoms with E-state index in [-0.39, 0.29) is 17.4 Å². The third-order valence-corrected chi connectivity index (χ3v) is 4.08. The lowest BCUT2D eigenvalue weighted by atomic mass is 9.80. The molecule has 2 rings (SSSR count). The average molecular weight is 260 g/mol. The van der Waals surface area contributed by atoms with Crippen LogP contribution in [0.4, 0.5) is 0 Å². The lowest BCUT2D eigenvalue weighted by Crippen LogP contribution is -2.34. The van der Waals surface area contributed by atoms with Crippen LogP contribution in [0.1, 0.15) is 38.8 Å². The molecule has 2 N–H and O–H groups in total. The lowest BCUT2D eigenvalue weighted by molar-refractivity contribution is -0.128. The van der Waals surface area contributed by atoms with Crippen LogP contribution >= 0.6 is 0 Å². The van der Waals surface area contributed by atoms with Gasteiger partial charge in [0.15, 0.2) is 0 Å². The van der Waals surface area contributed by atoms with E-state index in [4.69, 9.17) is 5.73 Å². The van der Waals surface area contributed by atoms with Gasteiger partial charge in [0.25, 0.3) is 0 Å². The maximum Gasteiger partial charge on any atom is 0.223 e. The van der Waals surface area contributed by atoms with E-state index in [1.807, 2.05) is 35.2 Å². The summed E-state index contributed by atoms with van der Waals surface area (Å²) in [6.45, 7) is 8.06. The van der Waals surface area contributed by atoms with Crippen molar-refractivity contribution in [2.75, 3.05) is 13.1 Å². The number of likely N-dealkylation sites (tertiary alicyclic amines) is 1. The van der Waals surface area contributed by atoms with Crippen molar-refractivity contribution < 1.29 is 4.79 Å². The molecule has 104 valence electrons. The summed E-state index contributed by atoms with van der Waals surface area (Å²) in [5.74, 6) is 0.675. The summed E-state index contributed by atoms with van der Waals surface area (Å²) in [6, 6.07) is 9.90. The molecule has 0 spiro atoms. The topological polar surface area (TPSA) is 46.3 Å². The Morgan fingerprint density at radius 2 is 1.95 bits per heavy atom. The van der Waals surface area contributed by atoms with Crippen molar-refractivity contribution in [3.8, 4) is 0 Å². The Balaban J connectivity index is 1.99. The molecule has 0 aliphatic carbocycles. The Morgan fingerprint density at radius 1 is 1.32 bits per heavy atom. The number of rotatable bonds is 3. The van der Waals surface area contributed by atoms with Gasteiger partial charge in [0.1, 0.15) is 0 Å². The van der Waals surface area contributed by atoms with E-state index in [2.05, 4.69) is 20.8 Å². The minimum Gasteiger partial charge on any atom is -0.340 e. The smallest absolute Gasteiger partial charge is 0.223 e. The summed E-state index contributed by atoms with van der Waals surface area (Å²) in [6.07, 6.45) is 0.658. The van der Waals surface area contributed by atoms with E-state index in [9.17, 15) is 4.79 Å². The SMILES string of the molecule is CC(C)(C)C1CC(=O)N(CC(N)c2ccccc2)C1. The molecule has 0 bridgehead atoms. The molecular formula is C16H24N2O. The fraction of sp³-hybridized carbons (Fsp3) is 0.562. The molecule has 3 heteroatoms. The van der Waals surface area contributed by atoms with E-state index in [1.54, 1.807) is 0 Å². The minimum atomic E-state index is -0.0936. The van der Waals surface area contributed by atoms with Gasteiger partial charge in [0, 0.05) is 25.6 Å². The maximum absolute atomic E-state index is 12.1. The normalized spacial score (nSPS) is 21.8. The zero-order valence-electron chi connectivity index (χ0n) is 12.1. The first kappa shape index (κ1) is 14.1. The van der Waals surface area contributed by atoms with Crippen LogP contribution in [-0.2, 0) is 4.79 Å². The fourth-order valence-corrected chi connectivity index (χ4v) is 2.57. The van der Waals surface area contributed by atoms with Crippen molar-refractivity contribution in [3.05, 3.63) is 35.9 Å². The van der Waals surface area contributed by atoms with Gasteiger partial charge < -0.3 is 10.6 Å². The molecule has 1 heterocycles. The second-order valence-electron chi connectivity index (χ2n) is 6.58. The Bertz CT molecular complexity index is 436. The predicted octanol–water partition coefficient (Wildman–Crippen LogP) is 2.58. The van der Waals surface area contributed by atoms with Gasteiger partial charge in [0.05, 0.1) is 0 Å². The van der Waals surface area contributed by atoms with Gasteiger partial charge in [-0.2, -0.15) is 0 Å². The van der Waals surface area contributed by atoms with Crippen LogP contribution in [0.3, 0.4) is 0 Å². The molecule has 2 atom stereocenters. The molecule has 1 fully saturated rings. The summed E-state index contributed by atoms with van der Waals surface area (Å²) in [7, 11) is 0. The summed E-state index contributed by atoms with van der Waals surface area (Å²) in [5, 5.41) is 0. The quantitative estimate of drug-likeness (QED) is 0.908. The highest BCUT2D eigenvalue weighted by atomic mass is 16.2. The summed E-state index contributed by atoms with van der Waals surface area (Å²) in [4.78, 5) is 14.0. The molecule has 2 unspecified atom stereocenters. The van der Waals surface area contributed by atoms with Crippen LogP contribution < -0.4 is 5.73 Å². The first-order chi connectivity index (χ1) is 8.88. The van der Waals surface area contributed by atoms with Crippen molar-refractivity contribution in [2.45, 2.75) is 33.2 Å². The van der Waals surface area contributed by atoms with E-state index >= 15 is 0 Å². The summed E-state index contributed by atoms with van der Waals surface area (Å²) < 4.78 is 0. The number of nitrogens with two attached hydrogens (primary N) is 1. The van der Waals surface area contributed by atoms with Gasteiger partial charge in [-0.3, -0.25) is 4.79 Å². The van der Waals surface area contributed by atoms with Gasteiger partial charge in [-0.1, -0.05) is 51.1 Å². The van der Waals surface area contributed by atoms with Gasteiger partial charge in [-0.25, -0.2) is 0 Å². The molecule has 3 nitrogen and oxygen atoms in total. The molecule has 1 aromatic rings. The Labute approximate surface area is 115 Å². The molecule has 0 aromatic heterocycles. The van der Waals surface area contributed by atoms with E-state index in [0.717, 1.165) is 12.1 Å². The first-order valence-electron chi connectivity index (χ1n) is 6.96. The zero-order valence-corrected chi connectivity index (χ0v) is 12.1. The average Bonchev–Trinajstić information content (AvgIpc) is 2.72. The number of benzene rings is 1. The second-order valence-corrected chi connectivity index (χ2v) is 6.58. The van der Waals surface area contributed by atoms with Crippen molar-refractivity contribution in [3.63, 3.8) is 0 Å². The molecule has 1 aliphatic rings. The summed E-state index contributed by atoms with van der Waals surface area (Å²) >= 11 is 0. The van der Waals surface area contributed by atoms with Crippen molar-refractivity contribution in [1.29, 1.82) is 0 Å². The number of nitrogens with zero attached hydrogens (tertiary/aromatic N) is 1. The largest absolute Gasteiger partial charge is 0.340 e. The fourth-order valence-electron chi connectivity index (χ4n) is 2.57. The molecule has 0 saturated carbocycles. The van der Waals surface area contributed by atoms with Crippen LogP contribution in [0.25, 0.3) is 0 Å². The number of hydrogen-bond acceptors (Lipinski definition) is 2. The van der Waals surface area contributed by atoms with Crippen molar-refractivity contribution in [1.82, 2.24) is 4.90 Å². The number of carbonyl (C=O) groups excluding carboxylic acids is 1. The van der Waals surface area contributed by atoms with E-state index in [0.29, 0.717) is 18.9 Å². The van der Waals surface area contributed by atoms with Crippen LogP contribution in [0, 0.1) is 11.3 Å². The number of amides is 1. The van der Waals surface area contributed by atoms with Crippen LogP contribution in [0.5, 0.6) is 0 Å². The van der Waals surface area contributed by atoms with Gasteiger partial charge in [-0.15, -0.1) is 0 Å². The third-order valence-electron chi connectivity index (χ3n) is 4.08. The predicted molar refractivity (Wildman–Crippen MR) is 77.5 cm³/mol. The van der Waals surface area contributed by atoms with Gasteiger partial charge in [-0.05, 0) is 16.9 Å². The van der Waals surface area contributed by atoms with Gasteiger partial charge in [0.2, 0.25) is 5.91 Å². The maximum atomic E-state index is 12.1. The lowest BCUT2D eigenvalue weighted by Gasteiger charge is -2.27. The minimum absolute atomic E-state index is 0.0936. The van der Waals surface area contributed by atoms with Crippen molar-refractivity contribution >= 4 is 5.91 Å². The monoisotopic (exact) mass is 260 g/mol. The molecule has 0 radical (unpaired) electrons. The second kappa shape index (κ2) is 5.33. The number of hydrogen-bond donors (Lipinski definition) is 1. The van der Waals surface area contributed by atoms with Crippen LogP contribution in [0.15, 0.2) is 30.3 Å². The highest BCUT2D eigenvalue weighted by molar-refractivity contribution is 5.78. The molecule has 1 aliphatic heterocycles. The first-order valence-corrected chi connectivity index (χ1v) is 6.96. The zero-order chi connectivity index (χ0) is 14.0. The van der Waals surface area contributed by atoms with Crippen LogP contribution in [-0.4, -0.2) is 23.9 Å². The standard InChI is InChI=1S/C16H24N2O/c1-16(2,3)13-9-15(19)18(10-13)11-14(17)12-7-5-4-6-8-12/h4-8,13-14H,9-11,17H2,1-3H3. The Morgan fingerprint density at radius 3 is 2.47 bits per heavy atom. The van der Waals surface area contributed by atoms with Crippen molar-refractivity contribution in [2.24, 2.45) is 17.1 Å². The number of carbonyl (C=O) groups is 1. The highest BCUT2D eigenvalue weighted by Crippen LogP contribution is 2.34. The highest BCUT2D eigenvalue weighted by Gasteiger charge is 2.37. The Kier molecular flexibility index (Phi) is 3.95. The molecular weight excluding hydrogens is 236 g/mol. The van der Waals surface area contributed by atoms with Crippen LogP contribution in [0.2, 0.25) is 0 Å². The summed E-state index contributed by atoms with van der Waals surface area (Å²) in [5.41, 5.74) is 7.47. The molecule has 1 amide bonds. The molecule has 1 saturated heterocycles. The van der Waals surface area contributed by atoms with E-state index < -0.39 is 0 Å². The Hall–Kier alpha value is -1.35.